The van der Waals surface area contributed by atoms with Crippen LogP contribution in [0.4, 0.5) is 0 Å². The first kappa shape index (κ1) is 16.1. The van der Waals surface area contributed by atoms with Crippen LogP contribution in [0, 0.1) is 11.8 Å². The molecule has 0 bridgehead atoms. The zero-order valence-corrected chi connectivity index (χ0v) is 13.5. The Balaban J connectivity index is 1.77. The molecule has 0 aromatic heterocycles. The number of guanidine groups is 1. The third kappa shape index (κ3) is 5.56. The highest BCUT2D eigenvalue weighted by molar-refractivity contribution is 5.80. The van der Waals surface area contributed by atoms with Gasteiger partial charge in [0.2, 0.25) is 5.91 Å². The van der Waals surface area contributed by atoms with E-state index in [1.165, 1.54) is 19.3 Å². The number of hydrogen-bond acceptors (Lipinski definition) is 2. The topological polar surface area (TPSA) is 56.7 Å². The summed E-state index contributed by atoms with van der Waals surface area (Å²) in [5.74, 6) is 2.69. The van der Waals surface area contributed by atoms with E-state index in [2.05, 4.69) is 22.5 Å². The number of carbonyl (C=O) groups excluding carboxylic acids is 1. The van der Waals surface area contributed by atoms with Crippen molar-refractivity contribution in [2.45, 2.75) is 45.4 Å². The van der Waals surface area contributed by atoms with E-state index in [4.69, 9.17) is 4.99 Å². The Morgan fingerprint density at radius 3 is 2.48 bits per heavy atom. The molecule has 1 aliphatic heterocycles. The van der Waals surface area contributed by atoms with Crippen molar-refractivity contribution in [3.05, 3.63) is 0 Å². The first-order valence-corrected chi connectivity index (χ1v) is 8.46. The van der Waals surface area contributed by atoms with Gasteiger partial charge in [-0.2, -0.15) is 0 Å². The lowest BCUT2D eigenvalue weighted by atomic mass is 9.93. The van der Waals surface area contributed by atoms with Crippen molar-refractivity contribution in [3.63, 3.8) is 0 Å². The van der Waals surface area contributed by atoms with E-state index < -0.39 is 0 Å². The molecule has 1 saturated heterocycles. The molecule has 0 spiro atoms. The van der Waals surface area contributed by atoms with Crippen molar-refractivity contribution >= 4 is 11.9 Å². The molecule has 2 rings (SSSR count). The minimum Gasteiger partial charge on any atom is -0.359 e. The maximum Gasteiger partial charge on any atom is 0.220 e. The van der Waals surface area contributed by atoms with Crippen molar-refractivity contribution in [3.8, 4) is 0 Å². The van der Waals surface area contributed by atoms with Gasteiger partial charge in [-0.15, -0.1) is 0 Å². The summed E-state index contributed by atoms with van der Waals surface area (Å²) in [5, 5.41) is 6.13. The standard InChI is InChI=1S/C16H30N4O/c1-3-18-16(19-9-6-13-4-5-13)20-10-7-14(8-11-20)12-15(21)17-2/h13-14H,3-12H2,1-2H3,(H,17,21)(H,18,19). The van der Waals surface area contributed by atoms with Gasteiger partial charge in [0, 0.05) is 39.6 Å². The van der Waals surface area contributed by atoms with Crippen molar-refractivity contribution in [2.75, 3.05) is 33.2 Å². The molecule has 1 saturated carbocycles. The number of piperidine rings is 1. The van der Waals surface area contributed by atoms with Crippen molar-refractivity contribution < 1.29 is 4.79 Å². The number of rotatable bonds is 6. The Morgan fingerprint density at radius 2 is 1.90 bits per heavy atom. The summed E-state index contributed by atoms with van der Waals surface area (Å²) in [6.45, 7) is 6.01. The molecule has 0 aromatic rings. The molecule has 21 heavy (non-hydrogen) atoms. The number of hydrogen-bond donors (Lipinski definition) is 2. The van der Waals surface area contributed by atoms with Gasteiger partial charge in [-0.3, -0.25) is 9.79 Å². The van der Waals surface area contributed by atoms with E-state index in [-0.39, 0.29) is 5.91 Å². The maximum atomic E-state index is 11.4. The lowest BCUT2D eigenvalue weighted by Gasteiger charge is -2.34. The van der Waals surface area contributed by atoms with E-state index in [1.807, 2.05) is 0 Å². The van der Waals surface area contributed by atoms with Gasteiger partial charge in [-0.05, 0) is 38.0 Å². The van der Waals surface area contributed by atoms with Crippen molar-refractivity contribution in [2.24, 2.45) is 16.8 Å². The molecule has 0 atom stereocenters. The average Bonchev–Trinajstić information content (AvgIpc) is 3.31. The van der Waals surface area contributed by atoms with Crippen LogP contribution in [-0.2, 0) is 4.79 Å². The number of carbonyl (C=O) groups is 1. The highest BCUT2D eigenvalue weighted by Crippen LogP contribution is 2.32. The van der Waals surface area contributed by atoms with Crippen LogP contribution < -0.4 is 10.6 Å². The summed E-state index contributed by atoms with van der Waals surface area (Å²) in [6, 6.07) is 0. The highest BCUT2D eigenvalue weighted by atomic mass is 16.1. The fourth-order valence-corrected chi connectivity index (χ4v) is 2.90. The summed E-state index contributed by atoms with van der Waals surface area (Å²) < 4.78 is 0. The summed E-state index contributed by atoms with van der Waals surface area (Å²) in [6.07, 6.45) is 6.87. The minimum absolute atomic E-state index is 0.165. The Kier molecular flexibility index (Phi) is 6.33. The first-order valence-electron chi connectivity index (χ1n) is 8.46. The van der Waals surface area contributed by atoms with E-state index in [1.54, 1.807) is 7.05 Å². The molecule has 120 valence electrons. The molecule has 2 fully saturated rings. The number of amides is 1. The van der Waals surface area contributed by atoms with Crippen molar-refractivity contribution in [1.82, 2.24) is 15.5 Å². The van der Waals surface area contributed by atoms with Gasteiger partial charge in [0.1, 0.15) is 0 Å². The second-order valence-corrected chi connectivity index (χ2v) is 6.28. The van der Waals surface area contributed by atoms with Gasteiger partial charge in [-0.25, -0.2) is 0 Å². The Bertz CT molecular complexity index is 357. The fourth-order valence-electron chi connectivity index (χ4n) is 2.90. The molecular formula is C16H30N4O. The van der Waals surface area contributed by atoms with Crippen LogP contribution in [-0.4, -0.2) is 50.0 Å². The molecule has 1 heterocycles. The second-order valence-electron chi connectivity index (χ2n) is 6.28. The van der Waals surface area contributed by atoms with Gasteiger partial charge in [0.05, 0.1) is 0 Å². The number of aliphatic imine (C=N–C) groups is 1. The number of nitrogens with one attached hydrogen (secondary N) is 2. The monoisotopic (exact) mass is 294 g/mol. The molecule has 0 unspecified atom stereocenters. The molecule has 1 amide bonds. The smallest absolute Gasteiger partial charge is 0.220 e. The molecular weight excluding hydrogens is 264 g/mol. The van der Waals surface area contributed by atoms with Crippen LogP contribution in [0.1, 0.15) is 45.4 Å². The van der Waals surface area contributed by atoms with Crippen LogP contribution >= 0.6 is 0 Å². The van der Waals surface area contributed by atoms with Gasteiger partial charge in [0.15, 0.2) is 5.96 Å². The molecule has 0 aromatic carbocycles. The molecule has 5 heteroatoms. The van der Waals surface area contributed by atoms with Gasteiger partial charge in [0.25, 0.3) is 0 Å². The molecule has 2 aliphatic rings. The van der Waals surface area contributed by atoms with Crippen LogP contribution in [0.2, 0.25) is 0 Å². The van der Waals surface area contributed by atoms with Gasteiger partial charge in [-0.1, -0.05) is 12.8 Å². The van der Waals surface area contributed by atoms with E-state index in [9.17, 15) is 4.79 Å². The largest absolute Gasteiger partial charge is 0.359 e. The summed E-state index contributed by atoms with van der Waals surface area (Å²) in [5.41, 5.74) is 0. The quantitative estimate of drug-likeness (QED) is 0.578. The lowest BCUT2D eigenvalue weighted by molar-refractivity contribution is -0.121. The van der Waals surface area contributed by atoms with E-state index in [0.717, 1.165) is 50.9 Å². The summed E-state index contributed by atoms with van der Waals surface area (Å²) >= 11 is 0. The zero-order chi connectivity index (χ0) is 15.1. The normalized spacial score (nSPS) is 20.5. The minimum atomic E-state index is 0.165. The third-order valence-electron chi connectivity index (χ3n) is 4.50. The van der Waals surface area contributed by atoms with E-state index >= 15 is 0 Å². The predicted molar refractivity (Wildman–Crippen MR) is 86.3 cm³/mol. The molecule has 5 nitrogen and oxygen atoms in total. The fraction of sp³-hybridized carbons (Fsp3) is 0.875. The Hall–Kier alpha value is -1.26. The molecule has 1 aliphatic carbocycles. The SMILES string of the molecule is CCNC(=NCCC1CC1)N1CCC(CC(=O)NC)CC1. The average molecular weight is 294 g/mol. The van der Waals surface area contributed by atoms with Crippen molar-refractivity contribution in [1.29, 1.82) is 0 Å². The molecule has 0 radical (unpaired) electrons. The maximum absolute atomic E-state index is 11.4. The van der Waals surface area contributed by atoms with E-state index in [0.29, 0.717) is 12.3 Å². The van der Waals surface area contributed by atoms with Gasteiger partial charge >= 0.3 is 0 Å². The Labute approximate surface area is 128 Å². The summed E-state index contributed by atoms with van der Waals surface area (Å²) in [4.78, 5) is 18.6. The van der Waals surface area contributed by atoms with Gasteiger partial charge < -0.3 is 15.5 Å². The highest BCUT2D eigenvalue weighted by Gasteiger charge is 2.24. The molecule has 2 N–H and O–H groups in total. The van der Waals surface area contributed by atoms with Crippen LogP contribution in [0.15, 0.2) is 4.99 Å². The Morgan fingerprint density at radius 1 is 1.19 bits per heavy atom. The van der Waals surface area contributed by atoms with Crippen LogP contribution in [0.25, 0.3) is 0 Å². The zero-order valence-electron chi connectivity index (χ0n) is 13.5. The number of nitrogens with zero attached hydrogens (tertiary/aromatic N) is 2. The first-order chi connectivity index (χ1) is 10.2. The summed E-state index contributed by atoms with van der Waals surface area (Å²) in [7, 11) is 1.72. The lowest BCUT2D eigenvalue weighted by Crippen LogP contribution is -2.46. The number of likely N-dealkylation sites (tertiary alicyclic amines) is 1. The third-order valence-corrected chi connectivity index (χ3v) is 4.50. The second kappa shape index (κ2) is 8.25. The van der Waals surface area contributed by atoms with Crippen LogP contribution in [0.5, 0.6) is 0 Å². The van der Waals surface area contributed by atoms with Crippen LogP contribution in [0.3, 0.4) is 0 Å². The predicted octanol–water partition coefficient (Wildman–Crippen LogP) is 1.60.